The Hall–Kier alpha value is -1.84. The molecule has 0 unspecified atom stereocenters. The minimum Gasteiger partial charge on any atom is -0.495 e. The second kappa shape index (κ2) is 8.32. The lowest BCUT2D eigenvalue weighted by Gasteiger charge is -2.20. The normalized spacial score (nSPS) is 11.2. The third kappa shape index (κ3) is 5.99. The maximum Gasteiger partial charge on any atom is 0.244 e. The average Bonchev–Trinajstić information content (AvgIpc) is 2.46. The number of ether oxygens (including phenoxy) is 1. The molecule has 0 bridgehead atoms. The lowest BCUT2D eigenvalue weighted by atomic mass is 10.3. The summed E-state index contributed by atoms with van der Waals surface area (Å²) >= 11 is 5.88. The van der Waals surface area contributed by atoms with E-state index in [9.17, 15) is 18.0 Å². The third-order valence-corrected chi connectivity index (χ3v) is 4.66. The first-order valence-corrected chi connectivity index (χ1v) is 9.06. The van der Waals surface area contributed by atoms with E-state index in [1.165, 1.54) is 27.3 Å². The highest BCUT2D eigenvalue weighted by molar-refractivity contribution is 7.88. The van der Waals surface area contributed by atoms with E-state index in [-0.39, 0.29) is 13.1 Å². The van der Waals surface area contributed by atoms with E-state index in [0.29, 0.717) is 16.5 Å². The topological polar surface area (TPSA) is 96.0 Å². The van der Waals surface area contributed by atoms with Gasteiger partial charge in [0.25, 0.3) is 0 Å². The average molecular weight is 378 g/mol. The number of nitrogens with zero attached hydrogens (tertiary/aromatic N) is 2. The molecule has 0 spiro atoms. The number of benzene rings is 1. The van der Waals surface area contributed by atoms with Crippen molar-refractivity contribution >= 4 is 39.1 Å². The molecule has 1 aromatic carbocycles. The summed E-state index contributed by atoms with van der Waals surface area (Å²) in [6.45, 7) is -0.588. The van der Waals surface area contributed by atoms with Crippen molar-refractivity contribution < 1.29 is 22.7 Å². The molecule has 2 amide bonds. The summed E-state index contributed by atoms with van der Waals surface area (Å²) in [4.78, 5) is 25.1. The highest BCUT2D eigenvalue weighted by atomic mass is 35.5. The molecule has 0 saturated heterocycles. The van der Waals surface area contributed by atoms with Gasteiger partial charge in [-0.05, 0) is 18.2 Å². The second-order valence-electron chi connectivity index (χ2n) is 5.16. The molecule has 0 aliphatic rings. The number of rotatable bonds is 7. The van der Waals surface area contributed by atoms with Crippen LogP contribution in [0.2, 0.25) is 5.02 Å². The first kappa shape index (κ1) is 20.2. The standard InChI is InChI=1S/C14H20ClN3O5S/c1-17(14(20)9-18(2)24(4,21)22)8-13(19)16-11-7-10(15)5-6-12(11)23-3/h5-7H,8-9H2,1-4H3,(H,16,19). The zero-order valence-electron chi connectivity index (χ0n) is 13.9. The minimum atomic E-state index is -3.47. The number of hydrogen-bond donors (Lipinski definition) is 1. The number of halogens is 1. The summed E-state index contributed by atoms with van der Waals surface area (Å²) in [6.07, 6.45) is 0.998. The van der Waals surface area contributed by atoms with Gasteiger partial charge in [0, 0.05) is 19.1 Å². The van der Waals surface area contributed by atoms with Gasteiger partial charge in [-0.25, -0.2) is 8.42 Å². The molecule has 0 radical (unpaired) electrons. The van der Waals surface area contributed by atoms with Gasteiger partial charge in [-0.2, -0.15) is 4.31 Å². The van der Waals surface area contributed by atoms with Crippen molar-refractivity contribution in [3.63, 3.8) is 0 Å². The maximum absolute atomic E-state index is 12.1. The second-order valence-corrected chi connectivity index (χ2v) is 7.69. The molecular weight excluding hydrogens is 358 g/mol. The Bertz CT molecular complexity index is 723. The molecule has 0 heterocycles. The van der Waals surface area contributed by atoms with E-state index in [2.05, 4.69) is 5.32 Å². The smallest absolute Gasteiger partial charge is 0.244 e. The predicted molar refractivity (Wildman–Crippen MR) is 91.7 cm³/mol. The number of likely N-dealkylation sites (N-methyl/N-ethyl adjacent to an activating group) is 2. The molecule has 24 heavy (non-hydrogen) atoms. The summed E-state index contributed by atoms with van der Waals surface area (Å²) in [5, 5.41) is 3.02. The zero-order chi connectivity index (χ0) is 18.5. The summed E-state index contributed by atoms with van der Waals surface area (Å²) in [6, 6.07) is 4.75. The Morgan fingerprint density at radius 2 is 1.88 bits per heavy atom. The van der Waals surface area contributed by atoms with Gasteiger partial charge in [-0.1, -0.05) is 11.6 Å². The van der Waals surface area contributed by atoms with Gasteiger partial charge >= 0.3 is 0 Å². The lowest BCUT2D eigenvalue weighted by molar-refractivity contribution is -0.133. The van der Waals surface area contributed by atoms with Gasteiger partial charge in [-0.3, -0.25) is 9.59 Å². The first-order chi connectivity index (χ1) is 11.0. The van der Waals surface area contributed by atoms with Crippen LogP contribution in [0.25, 0.3) is 0 Å². The largest absolute Gasteiger partial charge is 0.495 e. The van der Waals surface area contributed by atoms with Crippen molar-refractivity contribution in [1.29, 1.82) is 0 Å². The molecule has 8 nitrogen and oxygen atoms in total. The number of nitrogens with one attached hydrogen (secondary N) is 1. The van der Waals surface area contributed by atoms with Gasteiger partial charge < -0.3 is 15.0 Å². The lowest BCUT2D eigenvalue weighted by Crippen LogP contribution is -2.42. The van der Waals surface area contributed by atoms with Gasteiger partial charge in [0.05, 0.1) is 32.1 Å². The van der Waals surface area contributed by atoms with Crippen LogP contribution in [0, 0.1) is 0 Å². The molecule has 10 heteroatoms. The van der Waals surface area contributed by atoms with Crippen molar-refractivity contribution in [3.05, 3.63) is 23.2 Å². The number of carbonyl (C=O) groups is 2. The van der Waals surface area contributed by atoms with Crippen LogP contribution in [-0.2, 0) is 19.6 Å². The van der Waals surface area contributed by atoms with E-state index in [0.717, 1.165) is 15.5 Å². The number of methoxy groups -OCH3 is 1. The maximum atomic E-state index is 12.1. The molecule has 0 aromatic heterocycles. The molecular formula is C14H20ClN3O5S. The van der Waals surface area contributed by atoms with Crippen LogP contribution < -0.4 is 10.1 Å². The summed E-state index contributed by atoms with van der Waals surface area (Å²) in [7, 11) is 0.685. The summed E-state index contributed by atoms with van der Waals surface area (Å²) < 4.78 is 28.6. The Morgan fingerprint density at radius 1 is 1.25 bits per heavy atom. The Balaban J connectivity index is 2.68. The van der Waals surface area contributed by atoms with Crippen LogP contribution >= 0.6 is 11.6 Å². The Morgan fingerprint density at radius 3 is 2.42 bits per heavy atom. The Kier molecular flexibility index (Phi) is 7.00. The van der Waals surface area contributed by atoms with Crippen LogP contribution in [-0.4, -0.2) is 70.0 Å². The quantitative estimate of drug-likeness (QED) is 0.752. The van der Waals surface area contributed by atoms with E-state index < -0.39 is 21.8 Å². The van der Waals surface area contributed by atoms with Gasteiger partial charge in [0.1, 0.15) is 5.75 Å². The molecule has 1 rings (SSSR count). The van der Waals surface area contributed by atoms with Crippen molar-refractivity contribution in [2.75, 3.05) is 45.9 Å². The van der Waals surface area contributed by atoms with Crippen molar-refractivity contribution in [2.24, 2.45) is 0 Å². The van der Waals surface area contributed by atoms with E-state index >= 15 is 0 Å². The third-order valence-electron chi connectivity index (χ3n) is 3.17. The fourth-order valence-corrected chi connectivity index (χ4v) is 2.22. The van der Waals surface area contributed by atoms with Crippen molar-refractivity contribution in [3.8, 4) is 5.75 Å². The molecule has 0 aliphatic carbocycles. The van der Waals surface area contributed by atoms with Crippen LogP contribution in [0.1, 0.15) is 0 Å². The molecule has 0 saturated carbocycles. The molecule has 0 atom stereocenters. The van der Waals surface area contributed by atoms with Crippen LogP contribution in [0.15, 0.2) is 18.2 Å². The zero-order valence-corrected chi connectivity index (χ0v) is 15.4. The monoisotopic (exact) mass is 377 g/mol. The van der Waals surface area contributed by atoms with Gasteiger partial charge in [-0.15, -0.1) is 0 Å². The van der Waals surface area contributed by atoms with Gasteiger partial charge in [0.2, 0.25) is 21.8 Å². The molecule has 1 N–H and O–H groups in total. The Labute approximate surface area is 146 Å². The predicted octanol–water partition coefficient (Wildman–Crippen LogP) is 0.637. The van der Waals surface area contributed by atoms with E-state index in [4.69, 9.17) is 16.3 Å². The fraction of sp³-hybridized carbons (Fsp3) is 0.429. The highest BCUT2D eigenvalue weighted by Crippen LogP contribution is 2.27. The minimum absolute atomic E-state index is 0.244. The molecule has 0 aliphatic heterocycles. The highest BCUT2D eigenvalue weighted by Gasteiger charge is 2.20. The first-order valence-electron chi connectivity index (χ1n) is 6.83. The summed E-state index contributed by atoms with van der Waals surface area (Å²) in [5.41, 5.74) is 0.379. The van der Waals surface area contributed by atoms with Crippen LogP contribution in [0.5, 0.6) is 5.75 Å². The van der Waals surface area contributed by atoms with Crippen LogP contribution in [0.4, 0.5) is 5.69 Å². The number of sulfonamides is 1. The number of anilines is 1. The van der Waals surface area contributed by atoms with E-state index in [1.807, 2.05) is 0 Å². The fourth-order valence-electron chi connectivity index (χ4n) is 1.70. The van der Waals surface area contributed by atoms with Gasteiger partial charge in [0.15, 0.2) is 0 Å². The number of hydrogen-bond acceptors (Lipinski definition) is 5. The number of amides is 2. The number of carbonyl (C=O) groups excluding carboxylic acids is 2. The summed E-state index contributed by atoms with van der Waals surface area (Å²) in [5.74, 6) is -0.539. The molecule has 0 fully saturated rings. The SMILES string of the molecule is COc1ccc(Cl)cc1NC(=O)CN(C)C(=O)CN(C)S(C)(=O)=O. The van der Waals surface area contributed by atoms with Crippen molar-refractivity contribution in [2.45, 2.75) is 0 Å². The molecule has 134 valence electrons. The van der Waals surface area contributed by atoms with E-state index in [1.54, 1.807) is 12.1 Å². The van der Waals surface area contributed by atoms with Crippen LogP contribution in [0.3, 0.4) is 0 Å². The van der Waals surface area contributed by atoms with Crippen molar-refractivity contribution in [1.82, 2.24) is 9.21 Å². The molecule has 1 aromatic rings.